The predicted molar refractivity (Wildman–Crippen MR) is 91.0 cm³/mol. The van der Waals surface area contributed by atoms with Crippen LogP contribution in [-0.2, 0) is 0 Å². The Morgan fingerprint density at radius 2 is 2.13 bits per heavy atom. The Kier molecular flexibility index (Phi) is 5.15. The third-order valence-corrected chi connectivity index (χ3v) is 5.12. The van der Waals surface area contributed by atoms with Crippen molar-refractivity contribution < 1.29 is 4.79 Å². The fourth-order valence-electron chi connectivity index (χ4n) is 2.42. The molecule has 1 amide bonds. The number of carbonyl (C=O) groups is 1. The van der Waals surface area contributed by atoms with Crippen molar-refractivity contribution in [3.63, 3.8) is 0 Å². The number of benzene rings is 1. The molecule has 5 nitrogen and oxygen atoms in total. The van der Waals surface area contributed by atoms with E-state index in [1.54, 1.807) is 12.1 Å². The molecular formula is C16H17ClN4OS. The van der Waals surface area contributed by atoms with Crippen LogP contribution in [-0.4, -0.2) is 46.7 Å². The summed E-state index contributed by atoms with van der Waals surface area (Å²) in [4.78, 5) is 15.3. The van der Waals surface area contributed by atoms with E-state index >= 15 is 0 Å². The number of hydrogen-bond acceptors (Lipinski definition) is 5. The minimum Gasteiger partial charge on any atom is -0.332 e. The van der Waals surface area contributed by atoms with E-state index in [0.717, 1.165) is 18.0 Å². The number of halogens is 1. The van der Waals surface area contributed by atoms with Crippen molar-refractivity contribution in [3.05, 3.63) is 47.1 Å². The first-order chi connectivity index (χ1) is 11.1. The van der Waals surface area contributed by atoms with Gasteiger partial charge >= 0.3 is 0 Å². The molecule has 1 aromatic heterocycles. The number of hydrogen-bond donors (Lipinski definition) is 1. The first kappa shape index (κ1) is 16.2. The highest BCUT2D eigenvalue weighted by molar-refractivity contribution is 7.99. The van der Waals surface area contributed by atoms with Crippen LogP contribution in [0.3, 0.4) is 0 Å². The maximum absolute atomic E-state index is 12.5. The van der Waals surface area contributed by atoms with Gasteiger partial charge in [-0.15, -0.1) is 10.2 Å². The van der Waals surface area contributed by atoms with Gasteiger partial charge in [-0.05, 0) is 31.2 Å². The predicted octanol–water partition coefficient (Wildman–Crippen LogP) is 2.72. The molecule has 1 saturated heterocycles. The second-order valence-corrected chi connectivity index (χ2v) is 6.81. The summed E-state index contributed by atoms with van der Waals surface area (Å²) in [6.45, 7) is 4.33. The Morgan fingerprint density at radius 1 is 1.30 bits per heavy atom. The molecule has 2 aromatic rings. The van der Waals surface area contributed by atoms with Crippen LogP contribution in [0.1, 0.15) is 17.4 Å². The van der Waals surface area contributed by atoms with Crippen molar-refractivity contribution in [1.82, 2.24) is 20.4 Å². The Hall–Kier alpha value is -1.63. The molecule has 0 radical (unpaired) electrons. The number of amides is 1. The first-order valence-corrected chi connectivity index (χ1v) is 8.62. The molecule has 3 rings (SSSR count). The summed E-state index contributed by atoms with van der Waals surface area (Å²) in [5.41, 5.74) is 0.377. The smallest absolute Gasteiger partial charge is 0.274 e. The molecule has 0 unspecified atom stereocenters. The maximum atomic E-state index is 12.5. The monoisotopic (exact) mass is 348 g/mol. The van der Waals surface area contributed by atoms with Gasteiger partial charge in [-0.1, -0.05) is 35.5 Å². The van der Waals surface area contributed by atoms with Crippen LogP contribution in [0.15, 0.2) is 46.3 Å². The van der Waals surface area contributed by atoms with E-state index in [2.05, 4.69) is 15.5 Å². The Morgan fingerprint density at radius 3 is 2.83 bits per heavy atom. The molecule has 1 fully saturated rings. The Balaban J connectivity index is 1.72. The van der Waals surface area contributed by atoms with Crippen molar-refractivity contribution in [2.45, 2.75) is 22.9 Å². The molecule has 1 atom stereocenters. The lowest BCUT2D eigenvalue weighted by Gasteiger charge is -2.33. The summed E-state index contributed by atoms with van der Waals surface area (Å²) in [5, 5.41) is 12.9. The van der Waals surface area contributed by atoms with E-state index in [-0.39, 0.29) is 11.9 Å². The molecular weight excluding hydrogens is 332 g/mol. The van der Waals surface area contributed by atoms with Crippen molar-refractivity contribution in [2.24, 2.45) is 0 Å². The van der Waals surface area contributed by atoms with Gasteiger partial charge in [-0.25, -0.2) is 0 Å². The van der Waals surface area contributed by atoms with Gasteiger partial charge in [0.25, 0.3) is 5.91 Å². The van der Waals surface area contributed by atoms with Gasteiger partial charge in [0.15, 0.2) is 5.69 Å². The fourth-order valence-corrected chi connectivity index (χ4v) is 3.43. The van der Waals surface area contributed by atoms with Crippen LogP contribution in [0.4, 0.5) is 0 Å². The molecule has 1 N–H and O–H groups in total. The summed E-state index contributed by atoms with van der Waals surface area (Å²) < 4.78 is 0. The fraction of sp³-hybridized carbons (Fsp3) is 0.312. The van der Waals surface area contributed by atoms with Gasteiger partial charge in [-0.3, -0.25) is 4.79 Å². The minimum atomic E-state index is -0.0687. The Labute approximate surface area is 144 Å². The van der Waals surface area contributed by atoms with Gasteiger partial charge in [0.05, 0.1) is 5.02 Å². The van der Waals surface area contributed by atoms with Crippen molar-refractivity contribution in [1.29, 1.82) is 0 Å². The van der Waals surface area contributed by atoms with Crippen LogP contribution < -0.4 is 5.32 Å². The largest absolute Gasteiger partial charge is 0.332 e. The second kappa shape index (κ2) is 7.29. The van der Waals surface area contributed by atoms with E-state index < -0.39 is 0 Å². The molecule has 0 bridgehead atoms. The number of piperazine rings is 1. The highest BCUT2D eigenvalue weighted by Gasteiger charge is 2.25. The molecule has 23 heavy (non-hydrogen) atoms. The van der Waals surface area contributed by atoms with Crippen LogP contribution in [0, 0.1) is 0 Å². The summed E-state index contributed by atoms with van der Waals surface area (Å²) >= 11 is 7.57. The summed E-state index contributed by atoms with van der Waals surface area (Å²) in [5.74, 6) is -0.0687. The summed E-state index contributed by atoms with van der Waals surface area (Å²) in [7, 11) is 0. The lowest BCUT2D eigenvalue weighted by molar-refractivity contribution is 0.0648. The molecule has 2 heterocycles. The van der Waals surface area contributed by atoms with E-state index in [9.17, 15) is 4.79 Å². The van der Waals surface area contributed by atoms with Gasteiger partial charge in [0, 0.05) is 30.6 Å². The molecule has 120 valence electrons. The molecule has 1 aliphatic heterocycles. The first-order valence-electron chi connectivity index (χ1n) is 7.43. The topological polar surface area (TPSA) is 58.1 Å². The quantitative estimate of drug-likeness (QED) is 0.924. The highest BCUT2D eigenvalue weighted by Crippen LogP contribution is 2.31. The Bertz CT molecular complexity index is 695. The van der Waals surface area contributed by atoms with Crippen LogP contribution in [0.2, 0.25) is 5.02 Å². The zero-order valence-corrected chi connectivity index (χ0v) is 14.3. The standard InChI is InChI=1S/C16H17ClN4OS/c1-11-10-18-8-9-21(11)16(22)13-6-7-15(20-19-13)23-14-5-3-2-4-12(14)17/h2-7,11,18H,8-10H2,1H3/t11-/m0/s1. The van der Waals surface area contributed by atoms with E-state index in [1.807, 2.05) is 36.1 Å². The molecule has 0 saturated carbocycles. The SMILES string of the molecule is C[C@H]1CNCCN1C(=O)c1ccc(Sc2ccccc2Cl)nn1. The van der Waals surface area contributed by atoms with Crippen molar-refractivity contribution >= 4 is 29.3 Å². The lowest BCUT2D eigenvalue weighted by atomic mass is 10.2. The number of aromatic nitrogens is 2. The van der Waals surface area contributed by atoms with Gasteiger partial charge in [0.2, 0.25) is 0 Å². The number of nitrogens with one attached hydrogen (secondary N) is 1. The number of rotatable bonds is 3. The van der Waals surface area contributed by atoms with E-state index in [0.29, 0.717) is 22.3 Å². The zero-order valence-electron chi connectivity index (χ0n) is 12.7. The minimum absolute atomic E-state index is 0.0687. The van der Waals surface area contributed by atoms with Crippen LogP contribution >= 0.6 is 23.4 Å². The molecule has 7 heteroatoms. The van der Waals surface area contributed by atoms with Crippen molar-refractivity contribution in [3.8, 4) is 0 Å². The third-order valence-electron chi connectivity index (χ3n) is 3.67. The average molecular weight is 349 g/mol. The maximum Gasteiger partial charge on any atom is 0.274 e. The zero-order chi connectivity index (χ0) is 16.2. The summed E-state index contributed by atoms with van der Waals surface area (Å²) in [6.07, 6.45) is 0. The second-order valence-electron chi connectivity index (χ2n) is 5.34. The van der Waals surface area contributed by atoms with E-state index in [1.165, 1.54) is 11.8 Å². The van der Waals surface area contributed by atoms with Crippen LogP contribution in [0.25, 0.3) is 0 Å². The van der Waals surface area contributed by atoms with Gasteiger partial charge in [-0.2, -0.15) is 0 Å². The number of nitrogens with zero attached hydrogens (tertiary/aromatic N) is 3. The highest BCUT2D eigenvalue weighted by atomic mass is 35.5. The van der Waals surface area contributed by atoms with E-state index in [4.69, 9.17) is 11.6 Å². The lowest BCUT2D eigenvalue weighted by Crippen LogP contribution is -2.52. The number of carbonyl (C=O) groups excluding carboxylic acids is 1. The van der Waals surface area contributed by atoms with Gasteiger partial charge in [0.1, 0.15) is 5.03 Å². The average Bonchev–Trinajstić information content (AvgIpc) is 2.57. The molecule has 1 aromatic carbocycles. The van der Waals surface area contributed by atoms with Crippen molar-refractivity contribution in [2.75, 3.05) is 19.6 Å². The molecule has 0 aliphatic carbocycles. The third kappa shape index (κ3) is 3.83. The van der Waals surface area contributed by atoms with Gasteiger partial charge < -0.3 is 10.2 Å². The summed E-state index contributed by atoms with van der Waals surface area (Å²) in [6, 6.07) is 11.3. The van der Waals surface area contributed by atoms with Crippen LogP contribution in [0.5, 0.6) is 0 Å². The molecule has 0 spiro atoms. The molecule has 1 aliphatic rings. The normalized spacial score (nSPS) is 18.0.